The molecule has 0 atom stereocenters. The second-order valence-electron chi connectivity index (χ2n) is 3.07. The zero-order valence-electron chi connectivity index (χ0n) is 7.23. The van der Waals surface area contributed by atoms with Gasteiger partial charge in [0.1, 0.15) is 0 Å². The molecule has 14 heavy (non-hydrogen) atoms. The summed E-state index contributed by atoms with van der Waals surface area (Å²) in [6, 6.07) is 7.75. The standard InChI is InChI=1S/C10H6N4/c11-5-7-1-2-9-8(7)6-12-10-3-4-13-14(9)10/h1-4,6,13H. The summed E-state index contributed by atoms with van der Waals surface area (Å²) in [5.41, 5.74) is 3.38. The summed E-state index contributed by atoms with van der Waals surface area (Å²) in [4.78, 5) is 4.23. The van der Waals surface area contributed by atoms with Gasteiger partial charge in [-0.3, -0.25) is 5.10 Å². The van der Waals surface area contributed by atoms with Gasteiger partial charge in [-0.15, -0.1) is 0 Å². The third kappa shape index (κ3) is 0.735. The van der Waals surface area contributed by atoms with Crippen LogP contribution in [0.15, 0.2) is 30.6 Å². The third-order valence-corrected chi connectivity index (χ3v) is 2.33. The molecule has 1 N–H and O–H groups in total. The SMILES string of the molecule is N#Cc1ccc2n3[nH]ccc3ncc1-2. The average molecular weight is 182 g/mol. The Morgan fingerprint density at radius 1 is 1.36 bits per heavy atom. The number of hydrogen-bond donors (Lipinski definition) is 1. The van der Waals surface area contributed by atoms with E-state index in [1.165, 1.54) is 0 Å². The zero-order chi connectivity index (χ0) is 9.54. The quantitative estimate of drug-likeness (QED) is 0.574. The molecule has 0 aromatic carbocycles. The van der Waals surface area contributed by atoms with E-state index in [2.05, 4.69) is 16.2 Å². The first-order chi connectivity index (χ1) is 6.90. The molecule has 2 heterocycles. The number of nitriles is 1. The lowest BCUT2D eigenvalue weighted by molar-refractivity contribution is 0.950. The molecule has 1 aliphatic carbocycles. The molecule has 0 saturated heterocycles. The maximum atomic E-state index is 8.85. The Hall–Kier alpha value is -2.28. The maximum absolute atomic E-state index is 8.85. The Bertz CT molecular complexity index is 611. The molecule has 0 unspecified atom stereocenters. The van der Waals surface area contributed by atoms with Gasteiger partial charge in [0.25, 0.3) is 0 Å². The lowest BCUT2D eigenvalue weighted by atomic mass is 10.2. The highest BCUT2D eigenvalue weighted by molar-refractivity contribution is 5.72. The zero-order valence-corrected chi connectivity index (χ0v) is 7.23. The minimum Gasteiger partial charge on any atom is -0.300 e. The van der Waals surface area contributed by atoms with Crippen LogP contribution in [0.3, 0.4) is 0 Å². The van der Waals surface area contributed by atoms with Gasteiger partial charge in [-0.05, 0) is 12.1 Å². The van der Waals surface area contributed by atoms with Crippen LogP contribution in [-0.4, -0.2) is 14.6 Å². The van der Waals surface area contributed by atoms with E-state index in [1.54, 1.807) is 12.3 Å². The summed E-state index contributed by atoms with van der Waals surface area (Å²) in [5.74, 6) is 0. The fourth-order valence-corrected chi connectivity index (χ4v) is 1.66. The molecule has 0 fully saturated rings. The van der Waals surface area contributed by atoms with Crippen molar-refractivity contribution in [2.75, 3.05) is 0 Å². The number of aromatic amines is 1. The van der Waals surface area contributed by atoms with Crippen molar-refractivity contribution in [1.29, 1.82) is 5.26 Å². The van der Waals surface area contributed by atoms with Crippen molar-refractivity contribution in [2.24, 2.45) is 0 Å². The molecule has 0 saturated carbocycles. The Balaban J connectivity index is 2.50. The Labute approximate surface area is 79.7 Å². The predicted molar refractivity (Wildman–Crippen MR) is 50.9 cm³/mol. The van der Waals surface area contributed by atoms with Crippen molar-refractivity contribution < 1.29 is 0 Å². The van der Waals surface area contributed by atoms with Crippen LogP contribution in [0.5, 0.6) is 0 Å². The van der Waals surface area contributed by atoms with E-state index in [0.29, 0.717) is 5.56 Å². The van der Waals surface area contributed by atoms with Crippen LogP contribution in [-0.2, 0) is 0 Å². The van der Waals surface area contributed by atoms with Crippen LogP contribution in [0.2, 0.25) is 0 Å². The van der Waals surface area contributed by atoms with Gasteiger partial charge < -0.3 is 0 Å². The van der Waals surface area contributed by atoms with Crippen molar-refractivity contribution in [1.82, 2.24) is 14.6 Å². The third-order valence-electron chi connectivity index (χ3n) is 2.33. The van der Waals surface area contributed by atoms with Crippen molar-refractivity contribution in [3.05, 3.63) is 36.2 Å². The molecule has 0 bridgehead atoms. The van der Waals surface area contributed by atoms with Crippen LogP contribution >= 0.6 is 0 Å². The normalized spacial score (nSPS) is 10.8. The van der Waals surface area contributed by atoms with Crippen LogP contribution in [0.25, 0.3) is 16.9 Å². The molecule has 0 amide bonds. The largest absolute Gasteiger partial charge is 0.300 e. The van der Waals surface area contributed by atoms with Crippen LogP contribution in [0.4, 0.5) is 0 Å². The minimum atomic E-state index is 0.663. The molecule has 4 heteroatoms. The highest BCUT2D eigenvalue weighted by Gasteiger charge is 2.12. The smallest absolute Gasteiger partial charge is 0.153 e. The molecule has 0 radical (unpaired) electrons. The van der Waals surface area contributed by atoms with Gasteiger partial charge in [0.2, 0.25) is 0 Å². The molecule has 1 aromatic rings. The number of fused-ring (bicyclic) bond motifs is 3. The van der Waals surface area contributed by atoms with E-state index in [0.717, 1.165) is 16.9 Å². The Morgan fingerprint density at radius 2 is 2.29 bits per heavy atom. The van der Waals surface area contributed by atoms with Gasteiger partial charge >= 0.3 is 0 Å². The monoisotopic (exact) mass is 182 g/mol. The molecule has 1 aliphatic heterocycles. The summed E-state index contributed by atoms with van der Waals surface area (Å²) in [6.07, 6.45) is 3.55. The van der Waals surface area contributed by atoms with E-state index < -0.39 is 0 Å². The van der Waals surface area contributed by atoms with Crippen LogP contribution in [0, 0.1) is 11.3 Å². The molecule has 4 nitrogen and oxygen atoms in total. The summed E-state index contributed by atoms with van der Waals surface area (Å²) in [7, 11) is 0. The molecular weight excluding hydrogens is 176 g/mol. The minimum absolute atomic E-state index is 0.663. The van der Waals surface area contributed by atoms with Crippen LogP contribution in [0.1, 0.15) is 5.56 Å². The lowest BCUT2D eigenvalue weighted by Gasteiger charge is -2.02. The van der Waals surface area contributed by atoms with Gasteiger partial charge in [-0.25, -0.2) is 9.50 Å². The van der Waals surface area contributed by atoms with Gasteiger partial charge in [0, 0.05) is 24.0 Å². The first-order valence-corrected chi connectivity index (χ1v) is 4.24. The molecule has 66 valence electrons. The topological polar surface area (TPSA) is 56.9 Å². The van der Waals surface area contributed by atoms with Gasteiger partial charge in [-0.2, -0.15) is 5.26 Å². The maximum Gasteiger partial charge on any atom is 0.153 e. The number of H-pyrrole nitrogens is 1. The number of rotatable bonds is 0. The predicted octanol–water partition coefficient (Wildman–Crippen LogP) is 1.64. The first kappa shape index (κ1) is 7.15. The molecule has 3 rings (SSSR count). The van der Waals surface area contributed by atoms with Crippen LogP contribution < -0.4 is 0 Å². The van der Waals surface area contributed by atoms with E-state index in [4.69, 9.17) is 5.26 Å². The highest BCUT2D eigenvalue weighted by Crippen LogP contribution is 2.26. The summed E-state index contributed by atoms with van der Waals surface area (Å²) in [6.45, 7) is 0. The Morgan fingerprint density at radius 3 is 3.14 bits per heavy atom. The van der Waals surface area contributed by atoms with Crippen molar-refractivity contribution in [3.63, 3.8) is 0 Å². The number of nitrogens with one attached hydrogen (secondary N) is 1. The molecular formula is C10H6N4. The van der Waals surface area contributed by atoms with Gasteiger partial charge in [-0.1, -0.05) is 0 Å². The summed E-state index contributed by atoms with van der Waals surface area (Å²) >= 11 is 0. The van der Waals surface area contributed by atoms with Gasteiger partial charge in [0.15, 0.2) is 5.65 Å². The van der Waals surface area contributed by atoms with Crippen molar-refractivity contribution >= 4 is 5.65 Å². The lowest BCUT2D eigenvalue weighted by Crippen LogP contribution is -1.94. The fraction of sp³-hybridized carbons (Fsp3) is 0. The highest BCUT2D eigenvalue weighted by atomic mass is 15.2. The Kier molecular flexibility index (Phi) is 1.21. The van der Waals surface area contributed by atoms with E-state index in [1.807, 2.05) is 22.8 Å². The van der Waals surface area contributed by atoms with Gasteiger partial charge in [0.05, 0.1) is 17.3 Å². The second-order valence-corrected chi connectivity index (χ2v) is 3.07. The molecule has 0 spiro atoms. The first-order valence-electron chi connectivity index (χ1n) is 4.24. The molecule has 2 aliphatic rings. The summed E-state index contributed by atoms with van der Waals surface area (Å²) in [5, 5.41) is 11.9. The van der Waals surface area contributed by atoms with E-state index in [9.17, 15) is 0 Å². The fourth-order valence-electron chi connectivity index (χ4n) is 1.66. The number of hydrogen-bond acceptors (Lipinski definition) is 2. The van der Waals surface area contributed by atoms with Crippen molar-refractivity contribution in [3.8, 4) is 17.3 Å². The average Bonchev–Trinajstić information content (AvgIpc) is 2.82. The number of nitrogens with zero attached hydrogens (tertiary/aromatic N) is 3. The summed E-state index contributed by atoms with van der Waals surface area (Å²) < 4.78 is 1.86. The van der Waals surface area contributed by atoms with E-state index in [-0.39, 0.29) is 0 Å². The molecule has 1 aromatic heterocycles. The second kappa shape index (κ2) is 2.36. The van der Waals surface area contributed by atoms with Crippen molar-refractivity contribution in [2.45, 2.75) is 0 Å². The van der Waals surface area contributed by atoms with E-state index >= 15 is 0 Å². The number of aromatic nitrogens is 3.